The van der Waals surface area contributed by atoms with Crippen molar-refractivity contribution >= 4 is 0 Å². The van der Waals surface area contributed by atoms with Gasteiger partial charge in [0, 0.05) is 0 Å². The average Bonchev–Trinajstić information content (AvgIpc) is 1.95. The van der Waals surface area contributed by atoms with Crippen LogP contribution in [0.15, 0.2) is 12.7 Å². The van der Waals surface area contributed by atoms with Gasteiger partial charge in [0.05, 0.1) is 0 Å². The summed E-state index contributed by atoms with van der Waals surface area (Å²) in [5.41, 5.74) is -1.65. The first-order chi connectivity index (χ1) is 4.24. The number of allylic oxidation sites excluding steroid dienone is 1. The summed E-state index contributed by atoms with van der Waals surface area (Å²) in [5, 5.41) is 24.6. The van der Waals surface area contributed by atoms with Crippen molar-refractivity contribution in [1.29, 1.82) is 15.8 Å². The van der Waals surface area contributed by atoms with Gasteiger partial charge in [0.25, 0.3) is 0 Å². The maximum atomic E-state index is 8.21. The molecule has 0 aliphatic heterocycles. The molecule has 0 aromatic carbocycles. The van der Waals surface area contributed by atoms with E-state index in [0.29, 0.717) is 0 Å². The molecule has 0 aromatic heterocycles. The molecule has 0 aliphatic carbocycles. The first-order valence-corrected chi connectivity index (χ1v) is 2.12. The van der Waals surface area contributed by atoms with Crippen molar-refractivity contribution in [2.45, 2.75) is 0 Å². The SMILES string of the molecule is C=CC(C#N)(C#N)C#N. The van der Waals surface area contributed by atoms with Gasteiger partial charge in [0.15, 0.2) is 0 Å². The Balaban J connectivity index is 4.76. The normalized spacial score (nSPS) is 8.11. The molecule has 0 bridgehead atoms. The zero-order chi connectivity index (χ0) is 7.33. The summed E-state index contributed by atoms with van der Waals surface area (Å²) in [5.74, 6) is 0. The van der Waals surface area contributed by atoms with E-state index in [1.807, 2.05) is 0 Å². The Morgan fingerprint density at radius 2 is 1.44 bits per heavy atom. The van der Waals surface area contributed by atoms with Crippen LogP contribution < -0.4 is 0 Å². The molecule has 0 unspecified atom stereocenters. The van der Waals surface area contributed by atoms with Gasteiger partial charge < -0.3 is 0 Å². The smallest absolute Gasteiger partial charge is 0.195 e. The lowest BCUT2D eigenvalue weighted by molar-refractivity contribution is 0.879. The Morgan fingerprint density at radius 3 is 1.44 bits per heavy atom. The van der Waals surface area contributed by atoms with Crippen LogP contribution in [0.25, 0.3) is 0 Å². The number of rotatable bonds is 1. The number of hydrogen-bond acceptors (Lipinski definition) is 3. The summed E-state index contributed by atoms with van der Waals surface area (Å²) in [6.07, 6.45) is 1.02. The first kappa shape index (κ1) is 7.21. The Labute approximate surface area is 53.1 Å². The van der Waals surface area contributed by atoms with Crippen LogP contribution in [-0.2, 0) is 0 Å². The van der Waals surface area contributed by atoms with Gasteiger partial charge in [-0.3, -0.25) is 0 Å². The Kier molecular flexibility index (Phi) is 2.00. The minimum absolute atomic E-state index is 1.02. The molecule has 0 fully saturated rings. The molecule has 0 saturated carbocycles. The third-order valence-electron chi connectivity index (χ3n) is 0.835. The molecule has 0 spiro atoms. The summed E-state index contributed by atoms with van der Waals surface area (Å²) in [7, 11) is 0. The number of nitriles is 3. The first-order valence-electron chi connectivity index (χ1n) is 2.12. The van der Waals surface area contributed by atoms with E-state index >= 15 is 0 Å². The van der Waals surface area contributed by atoms with Crippen LogP contribution in [0.1, 0.15) is 0 Å². The summed E-state index contributed by atoms with van der Waals surface area (Å²) in [4.78, 5) is 0. The summed E-state index contributed by atoms with van der Waals surface area (Å²) < 4.78 is 0. The van der Waals surface area contributed by atoms with Gasteiger partial charge in [-0.15, -0.1) is 0 Å². The number of nitrogens with zero attached hydrogens (tertiary/aromatic N) is 3. The van der Waals surface area contributed by atoms with Gasteiger partial charge in [-0.1, -0.05) is 6.58 Å². The zero-order valence-corrected chi connectivity index (χ0v) is 4.63. The molecule has 0 N–H and O–H groups in total. The third kappa shape index (κ3) is 1.06. The highest BCUT2D eigenvalue weighted by Crippen LogP contribution is 2.12. The fourth-order valence-corrected chi connectivity index (χ4v) is 0.212. The van der Waals surface area contributed by atoms with Gasteiger partial charge >= 0.3 is 0 Å². The summed E-state index contributed by atoms with van der Waals surface area (Å²) in [6, 6.07) is 4.57. The van der Waals surface area contributed by atoms with Crippen LogP contribution in [0.3, 0.4) is 0 Å². The molecule has 3 nitrogen and oxygen atoms in total. The second-order valence-electron chi connectivity index (χ2n) is 1.35. The molecule has 0 rings (SSSR count). The van der Waals surface area contributed by atoms with Crippen LogP contribution in [0.2, 0.25) is 0 Å². The van der Waals surface area contributed by atoms with Gasteiger partial charge in [0.2, 0.25) is 5.41 Å². The van der Waals surface area contributed by atoms with E-state index in [0.717, 1.165) is 6.08 Å². The van der Waals surface area contributed by atoms with Gasteiger partial charge in [-0.2, -0.15) is 15.8 Å². The van der Waals surface area contributed by atoms with Crippen molar-refractivity contribution in [3.8, 4) is 18.2 Å². The second-order valence-corrected chi connectivity index (χ2v) is 1.35. The number of hydrogen-bond donors (Lipinski definition) is 0. The highest BCUT2D eigenvalue weighted by atomic mass is 14.4. The lowest BCUT2D eigenvalue weighted by atomic mass is 9.95. The van der Waals surface area contributed by atoms with Crippen LogP contribution in [-0.4, -0.2) is 0 Å². The van der Waals surface area contributed by atoms with Crippen LogP contribution in [0.5, 0.6) is 0 Å². The average molecular weight is 117 g/mol. The van der Waals surface area contributed by atoms with Crippen molar-refractivity contribution in [3.05, 3.63) is 12.7 Å². The largest absolute Gasteiger partial charge is 0.246 e. The monoisotopic (exact) mass is 117 g/mol. The van der Waals surface area contributed by atoms with E-state index in [1.54, 1.807) is 0 Å². The van der Waals surface area contributed by atoms with Gasteiger partial charge in [0.1, 0.15) is 18.2 Å². The molecule has 42 valence electrons. The zero-order valence-electron chi connectivity index (χ0n) is 4.63. The molecule has 0 atom stereocenters. The lowest BCUT2D eigenvalue weighted by Gasteiger charge is -1.96. The van der Waals surface area contributed by atoms with E-state index in [-0.39, 0.29) is 0 Å². The highest BCUT2D eigenvalue weighted by molar-refractivity contribution is 5.33. The topological polar surface area (TPSA) is 71.4 Å². The molecular weight excluding hydrogens is 114 g/mol. The van der Waals surface area contributed by atoms with Crippen LogP contribution in [0, 0.1) is 39.4 Å². The minimum atomic E-state index is -1.65. The van der Waals surface area contributed by atoms with Crippen molar-refractivity contribution in [3.63, 3.8) is 0 Å². The van der Waals surface area contributed by atoms with E-state index in [1.165, 1.54) is 18.2 Å². The van der Waals surface area contributed by atoms with E-state index in [4.69, 9.17) is 15.8 Å². The molecule has 0 aliphatic rings. The molecule has 0 aromatic rings. The Morgan fingerprint density at radius 1 is 1.11 bits per heavy atom. The van der Waals surface area contributed by atoms with Crippen LogP contribution >= 0.6 is 0 Å². The fourth-order valence-electron chi connectivity index (χ4n) is 0.212. The molecule has 0 saturated heterocycles. The molecule has 0 amide bonds. The fraction of sp³-hybridized carbons (Fsp3) is 0.167. The van der Waals surface area contributed by atoms with Crippen molar-refractivity contribution < 1.29 is 0 Å². The summed E-state index contributed by atoms with van der Waals surface area (Å²) in [6.45, 7) is 3.18. The van der Waals surface area contributed by atoms with Crippen molar-refractivity contribution in [1.82, 2.24) is 0 Å². The van der Waals surface area contributed by atoms with Gasteiger partial charge in [-0.05, 0) is 6.08 Å². The Bertz CT molecular complexity index is 196. The standard InChI is InChI=1S/C6H3N3/c1-2-6(3-7,4-8)5-9/h2H,1H2. The maximum absolute atomic E-state index is 8.21. The van der Waals surface area contributed by atoms with Crippen molar-refractivity contribution in [2.75, 3.05) is 0 Å². The summed E-state index contributed by atoms with van der Waals surface area (Å²) >= 11 is 0. The van der Waals surface area contributed by atoms with E-state index < -0.39 is 5.41 Å². The molecular formula is C6H3N3. The molecule has 0 radical (unpaired) electrons. The minimum Gasteiger partial charge on any atom is -0.195 e. The highest BCUT2D eigenvalue weighted by Gasteiger charge is 2.24. The second kappa shape index (κ2) is 2.50. The lowest BCUT2D eigenvalue weighted by Crippen LogP contribution is -2.07. The van der Waals surface area contributed by atoms with Crippen molar-refractivity contribution in [2.24, 2.45) is 5.41 Å². The third-order valence-corrected chi connectivity index (χ3v) is 0.835. The van der Waals surface area contributed by atoms with E-state index in [2.05, 4.69) is 6.58 Å². The van der Waals surface area contributed by atoms with E-state index in [9.17, 15) is 0 Å². The molecule has 9 heavy (non-hydrogen) atoms. The predicted octanol–water partition coefficient (Wildman–Crippen LogP) is 0.730. The quantitative estimate of drug-likeness (QED) is 0.475. The predicted molar refractivity (Wildman–Crippen MR) is 29.5 cm³/mol. The maximum Gasteiger partial charge on any atom is 0.246 e. The molecule has 3 heteroatoms. The van der Waals surface area contributed by atoms with Crippen LogP contribution in [0.4, 0.5) is 0 Å². The van der Waals surface area contributed by atoms with Gasteiger partial charge in [-0.25, -0.2) is 0 Å². The Hall–Kier alpha value is -1.79. The molecule has 0 heterocycles.